The Labute approximate surface area is 487 Å². The molecule has 0 aliphatic rings. The van der Waals surface area contributed by atoms with Crippen LogP contribution in [-0.4, -0.2) is 9.13 Å². The van der Waals surface area contributed by atoms with Crippen molar-refractivity contribution in [1.29, 1.82) is 10.5 Å². The normalized spacial score (nSPS) is 11.7. The topological polar surface area (TPSA) is 57.4 Å². The number of aryl methyl sites for hydroxylation is 8. The van der Waals surface area contributed by atoms with Crippen molar-refractivity contribution in [2.45, 2.75) is 61.6 Å². The van der Waals surface area contributed by atoms with Crippen LogP contribution in [-0.2, 0) is 6.18 Å². The minimum atomic E-state index is -4.77. The number of benzene rings is 11. The zero-order chi connectivity index (χ0) is 58.5. The second-order valence-corrected chi connectivity index (χ2v) is 22.8. The summed E-state index contributed by atoms with van der Waals surface area (Å²) in [6.45, 7) is 17.0. The summed E-state index contributed by atoms with van der Waals surface area (Å²) in [4.78, 5) is 0. The maximum absolute atomic E-state index is 15.4. The number of fused-ring (bicyclic) bond motifs is 6. The van der Waals surface area contributed by atoms with Gasteiger partial charge in [-0.25, -0.2) is 0 Å². The Morgan fingerprint density at radius 2 is 0.619 bits per heavy atom. The third kappa shape index (κ3) is 9.10. The van der Waals surface area contributed by atoms with Gasteiger partial charge >= 0.3 is 6.18 Å². The Bertz CT molecular complexity index is 4790. The van der Waals surface area contributed by atoms with Crippen LogP contribution >= 0.6 is 0 Å². The van der Waals surface area contributed by atoms with E-state index >= 15 is 13.2 Å². The van der Waals surface area contributed by atoms with Crippen LogP contribution in [0.1, 0.15) is 61.2 Å². The predicted octanol–water partition coefficient (Wildman–Crippen LogP) is 21.1. The number of hydrogen-bond donors (Lipinski definition) is 0. The molecule has 0 aliphatic heterocycles. The first-order valence-corrected chi connectivity index (χ1v) is 28.2. The standard InChI is InChI=1S/C77H57F3N4/c1-44-9-20-59(48(5)31-44)54-15-26-72-66(37-54)67-38-55(60-21-10-45(2)32-49(60)6)16-27-73(67)83(72)71-30-19-58(63-24-13-52(42-81)35-70(63)77(78,79)80)41-65(71)64-25-14-53(43-82)36-76(64)84-74-28-17-56(61-22-11-46(3)33-50(61)7)39-68(74)69-40-57(18-29-75(69)84)62-23-12-47(4)34-51(62)8/h9-41H,1-8H3. The molecule has 0 bridgehead atoms. The van der Waals surface area contributed by atoms with Crippen molar-refractivity contribution in [3.05, 3.63) is 261 Å². The molecule has 7 heteroatoms. The van der Waals surface area contributed by atoms with E-state index < -0.39 is 11.7 Å². The summed E-state index contributed by atoms with van der Waals surface area (Å²) < 4.78 is 50.5. The molecule has 0 radical (unpaired) electrons. The van der Waals surface area contributed by atoms with Gasteiger partial charge in [0.15, 0.2) is 0 Å². The maximum atomic E-state index is 15.4. The van der Waals surface area contributed by atoms with Gasteiger partial charge in [0.25, 0.3) is 0 Å². The molecule has 2 heterocycles. The van der Waals surface area contributed by atoms with E-state index in [9.17, 15) is 10.5 Å². The summed E-state index contributed by atoms with van der Waals surface area (Å²) in [5, 5.41) is 24.7. The van der Waals surface area contributed by atoms with Gasteiger partial charge < -0.3 is 9.13 Å². The summed E-state index contributed by atoms with van der Waals surface area (Å²) in [5.41, 5.74) is 24.1. The Kier molecular flexibility index (Phi) is 12.9. The number of hydrogen-bond acceptors (Lipinski definition) is 2. The van der Waals surface area contributed by atoms with E-state index in [1.807, 2.05) is 30.3 Å². The zero-order valence-electron chi connectivity index (χ0n) is 48.0. The molecule has 0 fully saturated rings. The van der Waals surface area contributed by atoms with Gasteiger partial charge in [-0.05, 0) is 218 Å². The van der Waals surface area contributed by atoms with Gasteiger partial charge in [-0.3, -0.25) is 0 Å². The lowest BCUT2D eigenvalue weighted by Crippen LogP contribution is -2.08. The van der Waals surface area contributed by atoms with Gasteiger partial charge in [0.2, 0.25) is 0 Å². The molecule has 0 saturated carbocycles. The van der Waals surface area contributed by atoms with E-state index in [0.29, 0.717) is 27.9 Å². The molecular weight excluding hydrogens is 1040 g/mol. The van der Waals surface area contributed by atoms with Crippen molar-refractivity contribution in [2.75, 3.05) is 0 Å². The lowest BCUT2D eigenvalue weighted by Gasteiger charge is -2.21. The lowest BCUT2D eigenvalue weighted by atomic mass is 9.92. The smallest absolute Gasteiger partial charge is 0.309 e. The van der Waals surface area contributed by atoms with Crippen LogP contribution in [0.2, 0.25) is 0 Å². The third-order valence-electron chi connectivity index (χ3n) is 17.0. The fourth-order valence-corrected chi connectivity index (χ4v) is 13.0. The van der Waals surface area contributed by atoms with Gasteiger partial charge in [-0.2, -0.15) is 23.7 Å². The summed E-state index contributed by atoms with van der Waals surface area (Å²) >= 11 is 0. The summed E-state index contributed by atoms with van der Waals surface area (Å²) in [6, 6.07) is 71.7. The van der Waals surface area contributed by atoms with Crippen molar-refractivity contribution in [3.63, 3.8) is 0 Å². The predicted molar refractivity (Wildman–Crippen MR) is 340 cm³/mol. The molecular formula is C77H57F3N4. The van der Waals surface area contributed by atoms with Crippen molar-refractivity contribution < 1.29 is 13.2 Å². The van der Waals surface area contributed by atoms with Crippen LogP contribution in [0.3, 0.4) is 0 Å². The zero-order valence-corrected chi connectivity index (χ0v) is 48.0. The molecule has 0 amide bonds. The van der Waals surface area contributed by atoms with Crippen molar-refractivity contribution in [2.24, 2.45) is 0 Å². The second kappa shape index (κ2) is 20.3. The first kappa shape index (κ1) is 53.1. The van der Waals surface area contributed by atoms with Crippen LogP contribution in [0, 0.1) is 78.1 Å². The second-order valence-electron chi connectivity index (χ2n) is 22.8. The van der Waals surface area contributed by atoms with Gasteiger partial charge in [-0.1, -0.05) is 138 Å². The number of nitriles is 2. The molecule has 13 rings (SSSR count). The van der Waals surface area contributed by atoms with E-state index in [0.717, 1.165) is 122 Å². The first-order valence-electron chi connectivity index (χ1n) is 28.2. The van der Waals surface area contributed by atoms with Crippen LogP contribution in [0.25, 0.3) is 122 Å². The molecule has 0 unspecified atom stereocenters. The maximum Gasteiger partial charge on any atom is 0.417 e. The van der Waals surface area contributed by atoms with Crippen LogP contribution in [0.4, 0.5) is 13.2 Å². The van der Waals surface area contributed by atoms with E-state index in [1.54, 1.807) is 12.1 Å². The molecule has 0 N–H and O–H groups in total. The van der Waals surface area contributed by atoms with E-state index in [2.05, 4.69) is 216 Å². The number of halogens is 3. The van der Waals surface area contributed by atoms with Crippen LogP contribution in [0.5, 0.6) is 0 Å². The van der Waals surface area contributed by atoms with Gasteiger partial charge in [-0.15, -0.1) is 0 Å². The van der Waals surface area contributed by atoms with Crippen molar-refractivity contribution >= 4 is 43.6 Å². The quantitative estimate of drug-likeness (QED) is 0.152. The molecule has 0 saturated heterocycles. The first-order chi connectivity index (χ1) is 40.4. The van der Waals surface area contributed by atoms with Crippen LogP contribution in [0.15, 0.2) is 200 Å². The molecule has 0 spiro atoms. The highest BCUT2D eigenvalue weighted by Gasteiger charge is 2.35. The molecule has 11 aromatic carbocycles. The van der Waals surface area contributed by atoms with Gasteiger partial charge in [0, 0.05) is 32.7 Å². The molecule has 406 valence electrons. The van der Waals surface area contributed by atoms with Crippen LogP contribution < -0.4 is 0 Å². The van der Waals surface area contributed by atoms with Crippen molar-refractivity contribution in [3.8, 4) is 90.3 Å². The Morgan fingerprint density at radius 1 is 0.298 bits per heavy atom. The number of aromatic nitrogens is 2. The largest absolute Gasteiger partial charge is 0.417 e. The van der Waals surface area contributed by atoms with E-state index in [1.165, 1.54) is 34.4 Å². The van der Waals surface area contributed by atoms with Gasteiger partial charge in [0.05, 0.1) is 62.3 Å². The fourth-order valence-electron chi connectivity index (χ4n) is 13.0. The summed E-state index contributed by atoms with van der Waals surface area (Å²) in [6.07, 6.45) is -4.77. The molecule has 2 aromatic heterocycles. The van der Waals surface area contributed by atoms with Crippen molar-refractivity contribution in [1.82, 2.24) is 9.13 Å². The Morgan fingerprint density at radius 3 is 0.976 bits per heavy atom. The summed E-state index contributed by atoms with van der Waals surface area (Å²) in [5.74, 6) is 0. The molecule has 84 heavy (non-hydrogen) atoms. The fraction of sp³-hybridized carbons (Fsp3) is 0.117. The SMILES string of the molecule is Cc1ccc(-c2ccc3c(c2)c2cc(-c4ccc(C)cc4C)ccc2n3-c2ccc(-c3ccc(C#N)cc3C(F)(F)F)cc2-c2ccc(C#N)cc2-n2c3ccc(-c4ccc(C)cc4C)cc3c3cc(-c4ccc(C)cc4C)ccc32)c(C)c1. The lowest BCUT2D eigenvalue weighted by molar-refractivity contribution is -0.137. The van der Waals surface area contributed by atoms with Gasteiger partial charge in [0.1, 0.15) is 0 Å². The minimum Gasteiger partial charge on any atom is -0.309 e. The third-order valence-corrected chi connectivity index (χ3v) is 17.0. The minimum absolute atomic E-state index is 0.0577. The summed E-state index contributed by atoms with van der Waals surface area (Å²) in [7, 11) is 0. The Balaban J connectivity index is 1.14. The molecule has 13 aromatic rings. The highest BCUT2D eigenvalue weighted by molar-refractivity contribution is 6.14. The monoisotopic (exact) mass is 1090 g/mol. The molecule has 4 nitrogen and oxygen atoms in total. The van der Waals surface area contributed by atoms with E-state index in [4.69, 9.17) is 0 Å². The van der Waals surface area contributed by atoms with E-state index in [-0.39, 0.29) is 11.1 Å². The molecule has 0 atom stereocenters. The number of alkyl halides is 3. The Hall–Kier alpha value is -10.2. The highest BCUT2D eigenvalue weighted by Crippen LogP contribution is 2.47. The highest BCUT2D eigenvalue weighted by atomic mass is 19.4. The molecule has 0 aliphatic carbocycles. The number of rotatable bonds is 8. The number of nitrogens with zero attached hydrogens (tertiary/aromatic N) is 4. The average molecular weight is 1100 g/mol. The average Bonchev–Trinajstić information content (AvgIpc) is 1.74.